The number of benzene rings is 3. The molecule has 140 valence electrons. The average Bonchev–Trinajstić information content (AvgIpc) is 2.73. The van der Waals surface area contributed by atoms with E-state index in [4.69, 9.17) is 0 Å². The van der Waals surface area contributed by atoms with Crippen molar-refractivity contribution in [3.8, 4) is 0 Å². The van der Waals surface area contributed by atoms with E-state index in [1.807, 2.05) is 75.4 Å². The molecule has 3 rings (SSSR count). The lowest BCUT2D eigenvalue weighted by atomic mass is 9.68. The zero-order chi connectivity index (χ0) is 19.9. The molecule has 3 aromatic rings. The van der Waals surface area contributed by atoms with E-state index in [0.717, 1.165) is 22.3 Å². The van der Waals surface area contributed by atoms with Crippen LogP contribution in [-0.2, 0) is 10.2 Å². The molecule has 1 amide bonds. The number of halogens is 1. The predicted molar refractivity (Wildman–Crippen MR) is 109 cm³/mol. The summed E-state index contributed by atoms with van der Waals surface area (Å²) in [5.74, 6) is -0.485. The molecule has 0 saturated heterocycles. The molecule has 1 unspecified atom stereocenters. The topological polar surface area (TPSA) is 29.1 Å². The average molecular weight is 363 g/mol. The van der Waals surface area contributed by atoms with Crippen LogP contribution >= 0.6 is 0 Å². The standard InChI is InChI=1S/C22H20FNO.C2H6/c1-16-8-10-18(11-9-16)22(21(25)24-2,17-6-4-3-5-7-17)19-12-14-20(23)15-13-19;1-2/h3-15H,1-2H3,(H,24,25);1-2H3. The molecule has 0 saturated carbocycles. The smallest absolute Gasteiger partial charge is 0.239 e. The van der Waals surface area contributed by atoms with Crippen LogP contribution in [0.1, 0.15) is 36.1 Å². The van der Waals surface area contributed by atoms with E-state index in [9.17, 15) is 9.18 Å². The van der Waals surface area contributed by atoms with Crippen molar-refractivity contribution in [3.63, 3.8) is 0 Å². The lowest BCUT2D eigenvalue weighted by molar-refractivity contribution is -0.123. The van der Waals surface area contributed by atoms with E-state index in [-0.39, 0.29) is 11.7 Å². The lowest BCUT2D eigenvalue weighted by Crippen LogP contribution is -2.45. The molecule has 0 spiro atoms. The van der Waals surface area contributed by atoms with Gasteiger partial charge in [-0.05, 0) is 35.7 Å². The van der Waals surface area contributed by atoms with E-state index in [1.54, 1.807) is 19.2 Å². The molecule has 1 atom stereocenters. The van der Waals surface area contributed by atoms with E-state index < -0.39 is 5.41 Å². The molecule has 3 heteroatoms. The minimum Gasteiger partial charge on any atom is -0.358 e. The number of rotatable bonds is 4. The molecule has 1 N–H and O–H groups in total. The monoisotopic (exact) mass is 363 g/mol. The molecule has 0 aliphatic carbocycles. The second-order valence-electron chi connectivity index (χ2n) is 6.07. The number of aryl methyl sites for hydroxylation is 1. The molecule has 0 aliphatic heterocycles. The van der Waals surface area contributed by atoms with Crippen molar-refractivity contribution >= 4 is 5.91 Å². The van der Waals surface area contributed by atoms with Crippen LogP contribution in [0.4, 0.5) is 4.39 Å². The van der Waals surface area contributed by atoms with E-state index in [2.05, 4.69) is 5.32 Å². The number of likely N-dealkylation sites (N-methyl/N-ethyl adjacent to an activating group) is 1. The Labute approximate surface area is 161 Å². The minimum absolute atomic E-state index is 0.158. The first kappa shape index (κ1) is 20.4. The Kier molecular flexibility index (Phi) is 6.89. The van der Waals surface area contributed by atoms with Crippen molar-refractivity contribution in [2.45, 2.75) is 26.2 Å². The van der Waals surface area contributed by atoms with Crippen LogP contribution in [0, 0.1) is 12.7 Å². The van der Waals surface area contributed by atoms with Gasteiger partial charge in [-0.15, -0.1) is 0 Å². The van der Waals surface area contributed by atoms with Gasteiger partial charge in [-0.2, -0.15) is 0 Å². The highest BCUT2D eigenvalue weighted by Gasteiger charge is 2.43. The first-order chi connectivity index (χ1) is 13.1. The highest BCUT2D eigenvalue weighted by molar-refractivity contribution is 5.96. The fourth-order valence-electron chi connectivity index (χ4n) is 3.27. The minimum atomic E-state index is -1.04. The van der Waals surface area contributed by atoms with E-state index in [1.165, 1.54) is 12.1 Å². The van der Waals surface area contributed by atoms with Crippen LogP contribution in [0.5, 0.6) is 0 Å². The van der Waals surface area contributed by atoms with Gasteiger partial charge in [0.2, 0.25) is 5.91 Å². The Balaban J connectivity index is 0.00000126. The Bertz CT molecular complexity index is 810. The van der Waals surface area contributed by atoms with Crippen molar-refractivity contribution in [2.24, 2.45) is 0 Å². The number of nitrogens with one attached hydrogen (secondary N) is 1. The Hall–Kier alpha value is -2.94. The third-order valence-corrected chi connectivity index (χ3v) is 4.54. The van der Waals surface area contributed by atoms with Gasteiger partial charge in [-0.3, -0.25) is 4.79 Å². The van der Waals surface area contributed by atoms with E-state index in [0.29, 0.717) is 0 Å². The maximum Gasteiger partial charge on any atom is 0.239 e. The zero-order valence-electron chi connectivity index (χ0n) is 16.3. The summed E-state index contributed by atoms with van der Waals surface area (Å²) >= 11 is 0. The fraction of sp³-hybridized carbons (Fsp3) is 0.208. The third kappa shape index (κ3) is 3.92. The molecule has 0 aromatic heterocycles. The highest BCUT2D eigenvalue weighted by atomic mass is 19.1. The summed E-state index contributed by atoms with van der Waals surface area (Å²) in [5, 5.41) is 2.80. The van der Waals surface area contributed by atoms with Crippen molar-refractivity contribution in [1.29, 1.82) is 0 Å². The number of carbonyl (C=O) groups excluding carboxylic acids is 1. The predicted octanol–water partition coefficient (Wildman–Crippen LogP) is 5.24. The van der Waals surface area contributed by atoms with Gasteiger partial charge >= 0.3 is 0 Å². The van der Waals surface area contributed by atoms with Crippen LogP contribution in [0.15, 0.2) is 78.9 Å². The van der Waals surface area contributed by atoms with Crippen LogP contribution in [-0.4, -0.2) is 13.0 Å². The summed E-state index contributed by atoms with van der Waals surface area (Å²) < 4.78 is 13.5. The highest BCUT2D eigenvalue weighted by Crippen LogP contribution is 2.39. The Morgan fingerprint density at radius 1 is 0.778 bits per heavy atom. The van der Waals surface area contributed by atoms with Crippen LogP contribution < -0.4 is 5.32 Å². The van der Waals surface area contributed by atoms with Gasteiger partial charge in [0.05, 0.1) is 0 Å². The van der Waals surface area contributed by atoms with Crippen molar-refractivity contribution in [1.82, 2.24) is 5.32 Å². The van der Waals surface area contributed by atoms with Crippen molar-refractivity contribution in [2.75, 3.05) is 7.05 Å². The summed E-state index contributed by atoms with van der Waals surface area (Å²) in [7, 11) is 1.62. The number of carbonyl (C=O) groups is 1. The molecule has 27 heavy (non-hydrogen) atoms. The summed E-state index contributed by atoms with van der Waals surface area (Å²) in [4.78, 5) is 13.2. The van der Waals surface area contributed by atoms with Gasteiger partial charge in [0.1, 0.15) is 11.2 Å². The second kappa shape index (κ2) is 9.13. The first-order valence-corrected chi connectivity index (χ1v) is 9.20. The van der Waals surface area contributed by atoms with Gasteiger partial charge in [0.25, 0.3) is 0 Å². The number of hydrogen-bond acceptors (Lipinski definition) is 1. The normalized spacial score (nSPS) is 12.3. The number of amides is 1. The summed E-state index contributed by atoms with van der Waals surface area (Å²) in [5.41, 5.74) is 2.47. The molecule has 0 heterocycles. The fourth-order valence-corrected chi connectivity index (χ4v) is 3.27. The van der Waals surface area contributed by atoms with Gasteiger partial charge < -0.3 is 5.32 Å². The maximum atomic E-state index is 13.5. The SMILES string of the molecule is CC.CNC(=O)C(c1ccccc1)(c1ccc(C)cc1)c1ccc(F)cc1. The van der Waals surface area contributed by atoms with Gasteiger partial charge in [0, 0.05) is 7.05 Å². The Morgan fingerprint density at radius 2 is 1.22 bits per heavy atom. The van der Waals surface area contributed by atoms with Gasteiger partial charge in [-0.25, -0.2) is 4.39 Å². The van der Waals surface area contributed by atoms with E-state index >= 15 is 0 Å². The molecule has 2 nitrogen and oxygen atoms in total. The molecular weight excluding hydrogens is 337 g/mol. The molecular formula is C24H26FNO. The lowest BCUT2D eigenvalue weighted by Gasteiger charge is -2.34. The quantitative estimate of drug-likeness (QED) is 0.631. The van der Waals surface area contributed by atoms with Gasteiger partial charge in [-0.1, -0.05) is 86.1 Å². The summed E-state index contributed by atoms with van der Waals surface area (Å²) in [6, 6.07) is 23.6. The second-order valence-corrected chi connectivity index (χ2v) is 6.07. The summed E-state index contributed by atoms with van der Waals surface area (Å²) in [6.45, 7) is 6.01. The molecule has 3 aromatic carbocycles. The third-order valence-electron chi connectivity index (χ3n) is 4.54. The van der Waals surface area contributed by atoms with Crippen LogP contribution in [0.2, 0.25) is 0 Å². The van der Waals surface area contributed by atoms with Crippen molar-refractivity contribution in [3.05, 3.63) is 107 Å². The van der Waals surface area contributed by atoms with Crippen LogP contribution in [0.3, 0.4) is 0 Å². The summed E-state index contributed by atoms with van der Waals surface area (Å²) in [6.07, 6.45) is 0. The molecule has 0 radical (unpaired) electrons. The first-order valence-electron chi connectivity index (χ1n) is 9.20. The maximum absolute atomic E-state index is 13.5. The van der Waals surface area contributed by atoms with Crippen molar-refractivity contribution < 1.29 is 9.18 Å². The molecule has 0 fully saturated rings. The van der Waals surface area contributed by atoms with Gasteiger partial charge in [0.15, 0.2) is 0 Å². The van der Waals surface area contributed by atoms with Crippen LogP contribution in [0.25, 0.3) is 0 Å². The zero-order valence-corrected chi connectivity index (χ0v) is 16.3. The largest absolute Gasteiger partial charge is 0.358 e. The Morgan fingerprint density at radius 3 is 1.70 bits per heavy atom. The number of hydrogen-bond donors (Lipinski definition) is 1. The molecule has 0 bridgehead atoms. The molecule has 0 aliphatic rings.